The fourth-order valence-corrected chi connectivity index (χ4v) is 4.90. The van der Waals surface area contributed by atoms with Gasteiger partial charge in [0.25, 0.3) is 0 Å². The number of pyridine rings is 2. The largest absolute Gasteiger partial charge is 0.377 e. The number of ether oxygens (including phenoxy) is 1. The second kappa shape index (κ2) is 8.92. The summed E-state index contributed by atoms with van der Waals surface area (Å²) in [6, 6.07) is 11.9. The summed E-state index contributed by atoms with van der Waals surface area (Å²) >= 11 is 0. The van der Waals surface area contributed by atoms with Crippen LogP contribution < -0.4 is 4.90 Å². The standard InChI is InChI=1S/C24H25N5O3S/c1-15-12-25-23(20-6-7-26-28-20)24-22(15)19(18-5-3-4-17(10-18)14-33(30)31)11-21(27-24)29-8-9-32-13-16(29)2/h3-7,10-12,16,33H,8-9,13-14H2,1-2H3,(H,26,28)/t16-/m1/s1. The average molecular weight is 464 g/mol. The first-order valence-electron chi connectivity index (χ1n) is 10.9. The van der Waals surface area contributed by atoms with Crippen molar-refractivity contribution in [2.45, 2.75) is 25.6 Å². The predicted molar refractivity (Wildman–Crippen MR) is 129 cm³/mol. The molecule has 9 heteroatoms. The Morgan fingerprint density at radius 3 is 2.88 bits per heavy atom. The number of nitrogens with zero attached hydrogens (tertiary/aromatic N) is 4. The van der Waals surface area contributed by atoms with Gasteiger partial charge in [0.1, 0.15) is 27.7 Å². The molecule has 5 rings (SSSR count). The Morgan fingerprint density at radius 1 is 1.24 bits per heavy atom. The molecule has 1 saturated heterocycles. The number of thiol groups is 1. The summed E-state index contributed by atoms with van der Waals surface area (Å²) in [4.78, 5) is 12.0. The van der Waals surface area contributed by atoms with Crippen LogP contribution in [-0.4, -0.2) is 54.4 Å². The van der Waals surface area contributed by atoms with Crippen LogP contribution in [0.1, 0.15) is 18.1 Å². The van der Waals surface area contributed by atoms with Crippen molar-refractivity contribution in [2.24, 2.45) is 0 Å². The summed E-state index contributed by atoms with van der Waals surface area (Å²) in [7, 11) is -2.51. The highest BCUT2D eigenvalue weighted by molar-refractivity contribution is 7.71. The SMILES string of the molecule is Cc1cnc(-c2ccn[nH]2)c2nc(N3CCOC[C@H]3C)cc(-c3cccc(C[SH](=O)=O)c3)c12. The number of rotatable bonds is 5. The summed E-state index contributed by atoms with van der Waals surface area (Å²) in [5.74, 6) is 0.862. The molecule has 0 aliphatic carbocycles. The molecule has 4 heterocycles. The van der Waals surface area contributed by atoms with Gasteiger partial charge in [-0.25, -0.2) is 13.4 Å². The van der Waals surface area contributed by atoms with Crippen molar-refractivity contribution in [3.05, 3.63) is 59.9 Å². The van der Waals surface area contributed by atoms with Gasteiger partial charge < -0.3 is 9.64 Å². The summed E-state index contributed by atoms with van der Waals surface area (Å²) in [6.07, 6.45) is 3.55. The van der Waals surface area contributed by atoms with E-state index in [0.29, 0.717) is 13.2 Å². The van der Waals surface area contributed by atoms with Crippen molar-refractivity contribution in [2.75, 3.05) is 24.7 Å². The minimum absolute atomic E-state index is 0.0134. The topological polar surface area (TPSA) is 101 Å². The molecular formula is C24H25N5O3S. The van der Waals surface area contributed by atoms with E-state index in [0.717, 1.165) is 56.9 Å². The quantitative estimate of drug-likeness (QED) is 0.438. The van der Waals surface area contributed by atoms with Crippen LogP contribution in [0.15, 0.2) is 48.8 Å². The van der Waals surface area contributed by atoms with Gasteiger partial charge in [-0.2, -0.15) is 5.10 Å². The van der Waals surface area contributed by atoms with E-state index in [1.54, 1.807) is 6.20 Å². The molecule has 0 spiro atoms. The van der Waals surface area contributed by atoms with Gasteiger partial charge in [-0.3, -0.25) is 10.1 Å². The van der Waals surface area contributed by atoms with E-state index in [1.165, 1.54) is 0 Å². The van der Waals surface area contributed by atoms with Crippen molar-refractivity contribution >= 4 is 27.4 Å². The second-order valence-corrected chi connectivity index (χ2v) is 9.30. The molecule has 0 unspecified atom stereocenters. The molecular weight excluding hydrogens is 438 g/mol. The Bertz CT molecular complexity index is 1380. The van der Waals surface area contributed by atoms with Crippen LogP contribution in [0.2, 0.25) is 0 Å². The van der Waals surface area contributed by atoms with Crippen molar-refractivity contribution in [1.82, 2.24) is 20.2 Å². The van der Waals surface area contributed by atoms with E-state index in [1.807, 2.05) is 43.5 Å². The van der Waals surface area contributed by atoms with Crippen LogP contribution in [-0.2, 0) is 21.2 Å². The molecule has 1 aromatic carbocycles. The highest BCUT2D eigenvalue weighted by Gasteiger charge is 2.24. The van der Waals surface area contributed by atoms with Gasteiger partial charge in [0.15, 0.2) is 0 Å². The van der Waals surface area contributed by atoms with E-state index in [9.17, 15) is 8.42 Å². The number of hydrogen-bond donors (Lipinski definition) is 2. The zero-order valence-electron chi connectivity index (χ0n) is 18.5. The zero-order chi connectivity index (χ0) is 22.9. The third-order valence-electron chi connectivity index (χ3n) is 5.98. The third kappa shape index (κ3) is 4.21. The summed E-state index contributed by atoms with van der Waals surface area (Å²) in [5.41, 5.74) is 6.01. The van der Waals surface area contributed by atoms with Crippen LogP contribution in [0.4, 0.5) is 5.82 Å². The summed E-state index contributed by atoms with van der Waals surface area (Å²) in [5, 5.41) is 8.09. The van der Waals surface area contributed by atoms with Gasteiger partial charge in [0, 0.05) is 24.3 Å². The Labute approximate surface area is 193 Å². The van der Waals surface area contributed by atoms with Crippen LogP contribution in [0, 0.1) is 6.92 Å². The molecule has 1 aliphatic heterocycles. The van der Waals surface area contributed by atoms with Crippen LogP contribution in [0.5, 0.6) is 0 Å². The van der Waals surface area contributed by atoms with Crippen LogP contribution in [0.3, 0.4) is 0 Å². The molecule has 0 saturated carbocycles. The summed E-state index contributed by atoms with van der Waals surface area (Å²) < 4.78 is 28.3. The highest BCUT2D eigenvalue weighted by Crippen LogP contribution is 2.37. The van der Waals surface area contributed by atoms with Gasteiger partial charge in [-0.05, 0) is 48.2 Å². The Morgan fingerprint density at radius 2 is 2.12 bits per heavy atom. The number of anilines is 1. The fraction of sp³-hybridized carbons (Fsp3) is 0.292. The number of nitrogens with one attached hydrogen (secondary N) is 1. The first-order valence-corrected chi connectivity index (χ1v) is 12.2. The van der Waals surface area contributed by atoms with E-state index < -0.39 is 10.7 Å². The lowest BCUT2D eigenvalue weighted by molar-refractivity contribution is 0.0986. The number of aryl methyl sites for hydroxylation is 1. The number of fused-ring (bicyclic) bond motifs is 1. The molecule has 170 valence electrons. The van der Waals surface area contributed by atoms with E-state index in [2.05, 4.69) is 33.1 Å². The summed E-state index contributed by atoms with van der Waals surface area (Å²) in [6.45, 7) is 6.17. The maximum Gasteiger partial charge on any atom is 0.144 e. The fourth-order valence-electron chi connectivity index (χ4n) is 4.40. The Balaban J connectivity index is 1.79. The van der Waals surface area contributed by atoms with Gasteiger partial charge in [0.2, 0.25) is 0 Å². The highest BCUT2D eigenvalue weighted by atomic mass is 32.2. The third-order valence-corrected chi connectivity index (χ3v) is 6.60. The zero-order valence-corrected chi connectivity index (χ0v) is 19.4. The second-order valence-electron chi connectivity index (χ2n) is 8.32. The van der Waals surface area contributed by atoms with Crippen molar-refractivity contribution in [3.63, 3.8) is 0 Å². The van der Waals surface area contributed by atoms with Gasteiger partial charge in [-0.15, -0.1) is 0 Å². The lowest BCUT2D eigenvalue weighted by Crippen LogP contribution is -2.44. The maximum atomic E-state index is 11.3. The van der Waals surface area contributed by atoms with E-state index in [-0.39, 0.29) is 11.8 Å². The van der Waals surface area contributed by atoms with Gasteiger partial charge in [0.05, 0.1) is 30.7 Å². The van der Waals surface area contributed by atoms with Crippen molar-refractivity contribution in [3.8, 4) is 22.5 Å². The van der Waals surface area contributed by atoms with Crippen molar-refractivity contribution < 1.29 is 13.2 Å². The van der Waals surface area contributed by atoms with E-state index in [4.69, 9.17) is 9.72 Å². The number of aromatic amines is 1. The van der Waals surface area contributed by atoms with Crippen LogP contribution in [0.25, 0.3) is 33.4 Å². The lowest BCUT2D eigenvalue weighted by atomic mass is 9.96. The lowest BCUT2D eigenvalue weighted by Gasteiger charge is -2.34. The molecule has 1 aliphatic rings. The Hall–Kier alpha value is -3.30. The molecule has 1 fully saturated rings. The Kier molecular flexibility index (Phi) is 5.82. The molecule has 1 N–H and O–H groups in total. The number of morpholine rings is 1. The number of H-pyrrole nitrogens is 1. The first-order chi connectivity index (χ1) is 16.0. The normalized spacial score (nSPS) is 16.6. The number of benzene rings is 1. The maximum absolute atomic E-state index is 11.3. The average Bonchev–Trinajstić information content (AvgIpc) is 3.33. The number of aromatic nitrogens is 4. The molecule has 0 amide bonds. The monoisotopic (exact) mass is 463 g/mol. The molecule has 0 bridgehead atoms. The first kappa shape index (κ1) is 21.5. The number of hydrogen-bond acceptors (Lipinski definition) is 7. The van der Waals surface area contributed by atoms with Crippen molar-refractivity contribution in [1.29, 1.82) is 0 Å². The predicted octanol–water partition coefficient (Wildman–Crippen LogP) is 3.33. The molecule has 4 aromatic rings. The van der Waals surface area contributed by atoms with Crippen LogP contribution >= 0.6 is 0 Å². The molecule has 0 radical (unpaired) electrons. The van der Waals surface area contributed by atoms with Gasteiger partial charge in [-0.1, -0.05) is 24.3 Å². The minimum atomic E-state index is -2.51. The minimum Gasteiger partial charge on any atom is -0.377 e. The smallest absolute Gasteiger partial charge is 0.144 e. The molecule has 3 aromatic heterocycles. The van der Waals surface area contributed by atoms with E-state index >= 15 is 0 Å². The molecule has 33 heavy (non-hydrogen) atoms. The molecule has 8 nitrogen and oxygen atoms in total. The van der Waals surface area contributed by atoms with Gasteiger partial charge >= 0.3 is 0 Å². The molecule has 1 atom stereocenters.